The summed E-state index contributed by atoms with van der Waals surface area (Å²) < 4.78 is 11.1. The van der Waals surface area contributed by atoms with Crippen LogP contribution in [0.4, 0.5) is 22.1 Å². The highest BCUT2D eigenvalue weighted by Crippen LogP contribution is 2.42. The first kappa shape index (κ1) is 29.8. The van der Waals surface area contributed by atoms with Gasteiger partial charge in [-0.2, -0.15) is 0 Å². The Morgan fingerprint density at radius 1 is 0.791 bits per heavy atom. The smallest absolute Gasteiger partial charge is 0.409 e. The van der Waals surface area contributed by atoms with Crippen molar-refractivity contribution in [2.24, 2.45) is 5.41 Å². The van der Waals surface area contributed by atoms with Gasteiger partial charge in [0.05, 0.1) is 18.3 Å². The minimum Gasteiger partial charge on any atom is -0.465 e. The highest BCUT2D eigenvalue weighted by atomic mass is 16.6. The number of pyridine rings is 1. The lowest BCUT2D eigenvalue weighted by Crippen LogP contribution is -2.52. The van der Waals surface area contributed by atoms with Gasteiger partial charge in [0.1, 0.15) is 17.8 Å². The highest BCUT2D eigenvalue weighted by molar-refractivity contribution is 6.03. The maximum Gasteiger partial charge on any atom is 0.409 e. The summed E-state index contributed by atoms with van der Waals surface area (Å²) in [7, 11) is 0. The van der Waals surface area contributed by atoms with E-state index in [0.717, 1.165) is 63.5 Å². The molecule has 11 nitrogen and oxygen atoms in total. The summed E-state index contributed by atoms with van der Waals surface area (Å²) in [6.07, 6.45) is 8.89. The Hall–Kier alpha value is -3.24. The van der Waals surface area contributed by atoms with Crippen molar-refractivity contribution in [1.82, 2.24) is 14.8 Å². The van der Waals surface area contributed by atoms with E-state index in [1.54, 1.807) is 16.7 Å². The van der Waals surface area contributed by atoms with Gasteiger partial charge in [-0.25, -0.2) is 9.78 Å². The van der Waals surface area contributed by atoms with E-state index >= 15 is 0 Å². The minimum absolute atomic E-state index is 0.145. The van der Waals surface area contributed by atoms with Crippen molar-refractivity contribution in [3.63, 3.8) is 0 Å². The summed E-state index contributed by atoms with van der Waals surface area (Å²) in [5.74, 6) is 1.54. The van der Waals surface area contributed by atoms with E-state index in [-0.39, 0.29) is 31.3 Å². The fraction of sp³-hybridized carbons (Fsp3) is 0.750. The van der Waals surface area contributed by atoms with Crippen molar-refractivity contribution >= 4 is 35.3 Å². The minimum atomic E-state index is -1.08. The molecule has 0 spiro atoms. The number of anilines is 3. The molecule has 1 atom stereocenters. The first-order valence-corrected chi connectivity index (χ1v) is 16.7. The molecule has 5 heterocycles. The van der Waals surface area contributed by atoms with E-state index in [0.29, 0.717) is 45.6 Å². The molecular formula is C32H48N6O5. The van der Waals surface area contributed by atoms with E-state index in [1.165, 1.54) is 31.4 Å². The molecule has 0 aromatic carbocycles. The SMILES string of the molecule is CCOC(=O)C1(C(=O)N2CCCC2COC(=O)N2CCN(c3nc(N4CCCC4)ccc3N3CCCC3)CC2)CCCC1. The summed E-state index contributed by atoms with van der Waals surface area (Å²) in [6.45, 7) is 9.54. The summed E-state index contributed by atoms with van der Waals surface area (Å²) in [5.41, 5.74) is 0.123. The lowest BCUT2D eigenvalue weighted by molar-refractivity contribution is -0.165. The van der Waals surface area contributed by atoms with Gasteiger partial charge in [-0.3, -0.25) is 9.59 Å². The molecule has 43 heavy (non-hydrogen) atoms. The number of hydrogen-bond donors (Lipinski definition) is 0. The average Bonchev–Trinajstić information content (AvgIpc) is 3.87. The van der Waals surface area contributed by atoms with Crippen molar-refractivity contribution in [1.29, 1.82) is 0 Å². The van der Waals surface area contributed by atoms with Gasteiger partial charge in [0, 0.05) is 58.9 Å². The first-order chi connectivity index (χ1) is 21.0. The summed E-state index contributed by atoms with van der Waals surface area (Å²) in [6, 6.07) is 4.22. The molecule has 2 amide bonds. The van der Waals surface area contributed by atoms with Crippen LogP contribution >= 0.6 is 0 Å². The molecular weight excluding hydrogens is 548 g/mol. The third-order valence-electron chi connectivity index (χ3n) is 10.1. The molecule has 4 aliphatic heterocycles. The standard InChI is InChI=1S/C32H48N6O5/c1-2-42-30(40)32(13-3-4-14-32)29(39)38-19-9-10-25(38)24-43-31(41)37-22-20-36(21-23-37)28-26(34-15-5-6-16-34)11-12-27(33-28)35-17-7-8-18-35/h11-12,25H,2-10,13-24H2,1H3. The zero-order valence-electron chi connectivity index (χ0n) is 25.8. The van der Waals surface area contributed by atoms with Crippen LogP contribution in [0.3, 0.4) is 0 Å². The van der Waals surface area contributed by atoms with Gasteiger partial charge in [0.2, 0.25) is 5.91 Å². The Morgan fingerprint density at radius 3 is 2.14 bits per heavy atom. The number of hydrogen-bond acceptors (Lipinski definition) is 9. The second-order valence-corrected chi connectivity index (χ2v) is 12.8. The van der Waals surface area contributed by atoms with Crippen molar-refractivity contribution < 1.29 is 23.9 Å². The van der Waals surface area contributed by atoms with E-state index in [4.69, 9.17) is 14.5 Å². The van der Waals surface area contributed by atoms with E-state index in [1.807, 2.05) is 0 Å². The third-order valence-corrected chi connectivity index (χ3v) is 10.1. The maximum absolute atomic E-state index is 13.7. The van der Waals surface area contributed by atoms with Gasteiger partial charge in [0.15, 0.2) is 5.82 Å². The fourth-order valence-electron chi connectivity index (χ4n) is 7.65. The number of amides is 2. The molecule has 236 valence electrons. The summed E-state index contributed by atoms with van der Waals surface area (Å²) >= 11 is 0. The van der Waals surface area contributed by atoms with Gasteiger partial charge >= 0.3 is 12.1 Å². The van der Waals surface area contributed by atoms with Crippen LogP contribution in [-0.4, -0.2) is 111 Å². The number of rotatable bonds is 8. The molecule has 1 aromatic rings. The number of ether oxygens (including phenoxy) is 2. The van der Waals surface area contributed by atoms with Gasteiger partial charge in [0.25, 0.3) is 0 Å². The molecule has 5 aliphatic rings. The third kappa shape index (κ3) is 6.09. The van der Waals surface area contributed by atoms with Crippen molar-refractivity contribution in [3.8, 4) is 0 Å². The summed E-state index contributed by atoms with van der Waals surface area (Å²) in [4.78, 5) is 55.6. The van der Waals surface area contributed by atoms with Crippen LogP contribution < -0.4 is 14.7 Å². The molecule has 0 radical (unpaired) electrons. The lowest BCUT2D eigenvalue weighted by atomic mass is 9.84. The van der Waals surface area contributed by atoms with Crippen LogP contribution in [0.5, 0.6) is 0 Å². The van der Waals surface area contributed by atoms with Crippen LogP contribution in [-0.2, 0) is 19.1 Å². The number of carbonyl (C=O) groups is 3. The molecule has 6 rings (SSSR count). The van der Waals surface area contributed by atoms with Gasteiger partial charge in [-0.05, 0) is 70.4 Å². The molecule has 11 heteroatoms. The second kappa shape index (κ2) is 13.2. The Bertz CT molecular complexity index is 1150. The van der Waals surface area contributed by atoms with E-state index in [9.17, 15) is 14.4 Å². The Morgan fingerprint density at radius 2 is 1.47 bits per heavy atom. The van der Waals surface area contributed by atoms with Crippen LogP contribution in [0.1, 0.15) is 71.1 Å². The molecule has 1 aromatic heterocycles. The number of esters is 1. The predicted molar refractivity (Wildman–Crippen MR) is 165 cm³/mol. The zero-order chi connectivity index (χ0) is 29.8. The van der Waals surface area contributed by atoms with Crippen LogP contribution in [0.2, 0.25) is 0 Å². The Balaban J connectivity index is 1.06. The van der Waals surface area contributed by atoms with E-state index < -0.39 is 11.4 Å². The largest absolute Gasteiger partial charge is 0.465 e. The normalized spacial score (nSPS) is 23.7. The molecule has 0 bridgehead atoms. The van der Waals surface area contributed by atoms with Crippen molar-refractivity contribution in [2.45, 2.75) is 77.2 Å². The number of nitrogens with zero attached hydrogens (tertiary/aromatic N) is 6. The van der Waals surface area contributed by atoms with Crippen LogP contribution in [0, 0.1) is 5.41 Å². The number of carbonyl (C=O) groups excluding carboxylic acids is 3. The van der Waals surface area contributed by atoms with Crippen molar-refractivity contribution in [2.75, 3.05) is 86.8 Å². The lowest BCUT2D eigenvalue weighted by Gasteiger charge is -2.37. The average molecular weight is 597 g/mol. The number of aromatic nitrogens is 1. The monoisotopic (exact) mass is 596 g/mol. The second-order valence-electron chi connectivity index (χ2n) is 12.8. The maximum atomic E-state index is 13.7. The van der Waals surface area contributed by atoms with Gasteiger partial charge < -0.3 is 34.0 Å². The molecule has 1 saturated carbocycles. The van der Waals surface area contributed by atoms with Gasteiger partial charge in [-0.15, -0.1) is 0 Å². The molecule has 1 aliphatic carbocycles. The zero-order valence-corrected chi connectivity index (χ0v) is 25.8. The first-order valence-electron chi connectivity index (χ1n) is 16.7. The quantitative estimate of drug-likeness (QED) is 0.329. The Labute approximate surface area is 255 Å². The molecule has 0 N–H and O–H groups in total. The van der Waals surface area contributed by atoms with Crippen LogP contribution in [0.25, 0.3) is 0 Å². The molecule has 1 unspecified atom stereocenters. The van der Waals surface area contributed by atoms with E-state index in [2.05, 4.69) is 26.8 Å². The number of piperazine rings is 1. The highest BCUT2D eigenvalue weighted by Gasteiger charge is 2.52. The van der Waals surface area contributed by atoms with Gasteiger partial charge in [-0.1, -0.05) is 12.8 Å². The van der Waals surface area contributed by atoms with Crippen molar-refractivity contribution in [3.05, 3.63) is 12.1 Å². The Kier molecular flexibility index (Phi) is 9.14. The molecule has 5 fully saturated rings. The summed E-state index contributed by atoms with van der Waals surface area (Å²) in [5, 5.41) is 0. The molecule has 4 saturated heterocycles. The fourth-order valence-corrected chi connectivity index (χ4v) is 7.65. The number of likely N-dealkylation sites (tertiary alicyclic amines) is 1. The topological polar surface area (TPSA) is 98.8 Å². The van der Waals surface area contributed by atoms with Crippen LogP contribution in [0.15, 0.2) is 12.1 Å². The predicted octanol–water partition coefficient (Wildman–Crippen LogP) is 3.66.